The van der Waals surface area contributed by atoms with Crippen LogP contribution in [0.1, 0.15) is 173 Å². The summed E-state index contributed by atoms with van der Waals surface area (Å²) in [4.78, 5) is 0. The zero-order valence-electron chi connectivity index (χ0n) is 37.6. The highest BCUT2D eigenvalue weighted by Gasteiger charge is 2.73. The number of rotatable bonds is 21. The second-order valence-electron chi connectivity index (χ2n) is 20.8. The fourth-order valence-corrected chi connectivity index (χ4v) is 15.8. The Kier molecular flexibility index (Phi) is 15.4. The number of alkyl halides is 5. The molecule has 0 N–H and O–H groups in total. The molecule has 1 aromatic rings. The molecule has 6 rings (SSSR count). The topological polar surface area (TPSA) is 36.9 Å². The third-order valence-corrected chi connectivity index (χ3v) is 22.7. The molecule has 1 spiro atoms. The number of fused-ring (bicyclic) bond motifs is 6. The maximum Gasteiger partial charge on any atom is 0.453 e. The van der Waals surface area contributed by atoms with Crippen molar-refractivity contribution in [2.45, 2.75) is 205 Å². The maximum absolute atomic E-state index is 13.2. The van der Waals surface area contributed by atoms with Gasteiger partial charge in [-0.05, 0) is 152 Å². The first kappa shape index (κ1) is 47.6. The van der Waals surface area contributed by atoms with Gasteiger partial charge in [0.25, 0.3) is 0 Å². The second-order valence-corrected chi connectivity index (χ2v) is 26.6. The largest absolute Gasteiger partial charge is 0.465 e. The van der Waals surface area contributed by atoms with E-state index in [-0.39, 0.29) is 29.3 Å². The molecule has 4 fully saturated rings. The minimum atomic E-state index is -5.45. The fourth-order valence-electron chi connectivity index (χ4n) is 12.1. The highest BCUT2D eigenvalue weighted by Crippen LogP contribution is 2.78. The summed E-state index contributed by atoms with van der Waals surface area (Å²) < 4.78 is 90.2. The monoisotopic (exact) mass is 873 g/mol. The number of hydrogen-bond acceptors (Lipinski definition) is 5. The van der Waals surface area contributed by atoms with Crippen LogP contribution in [0.15, 0.2) is 18.2 Å². The average Bonchev–Trinajstić information content (AvgIpc) is 3.96. The number of thioether (sulfide) groups is 1. The van der Waals surface area contributed by atoms with Crippen LogP contribution in [0.2, 0.25) is 18.1 Å². The third-order valence-electron chi connectivity index (χ3n) is 17.0. The van der Waals surface area contributed by atoms with Gasteiger partial charge in [-0.25, -0.2) is 0 Å². The number of hydrogen-bond donors (Lipinski definition) is 0. The van der Waals surface area contributed by atoms with Gasteiger partial charge in [-0.1, -0.05) is 79.2 Å². The average molecular weight is 873 g/mol. The van der Waals surface area contributed by atoms with Crippen molar-refractivity contribution in [1.29, 1.82) is 0 Å². The predicted octanol–water partition coefficient (Wildman–Crippen LogP) is 15.1. The van der Waals surface area contributed by atoms with E-state index in [1.54, 1.807) is 0 Å². The van der Waals surface area contributed by atoms with Gasteiger partial charge in [-0.2, -0.15) is 33.7 Å². The fraction of sp³-hybridized carbons (Fsp3) is 0.875. The van der Waals surface area contributed by atoms with Crippen LogP contribution in [0, 0.1) is 34.5 Å². The van der Waals surface area contributed by atoms with Gasteiger partial charge in [0.1, 0.15) is 5.75 Å². The lowest BCUT2D eigenvalue weighted by Gasteiger charge is -2.55. The molecular weight excluding hydrogens is 796 g/mol. The molecule has 1 heterocycles. The summed E-state index contributed by atoms with van der Waals surface area (Å²) in [5, 5.41) is 0.181. The summed E-state index contributed by atoms with van der Waals surface area (Å²) in [6.45, 7) is 18.0. The minimum Gasteiger partial charge on any atom is -0.465 e. The van der Waals surface area contributed by atoms with Gasteiger partial charge in [-0.3, -0.25) is 0 Å². The Morgan fingerprint density at radius 1 is 0.881 bits per heavy atom. The first-order valence-electron chi connectivity index (χ1n) is 23.4. The number of methoxy groups -OCH3 is 1. The Labute approximate surface area is 359 Å². The molecule has 4 aliphatic carbocycles. The zero-order valence-corrected chi connectivity index (χ0v) is 39.4. The second kappa shape index (κ2) is 19.1. The van der Waals surface area contributed by atoms with Crippen LogP contribution in [-0.2, 0) is 13.9 Å². The van der Waals surface area contributed by atoms with E-state index in [2.05, 4.69) is 65.9 Å². The smallest absolute Gasteiger partial charge is 0.453 e. The van der Waals surface area contributed by atoms with Crippen molar-refractivity contribution < 1.29 is 40.6 Å². The molecular formula is C48H77F5O4SSi. The van der Waals surface area contributed by atoms with E-state index in [9.17, 15) is 22.0 Å². The quantitative estimate of drug-likeness (QED) is 0.0699. The Balaban J connectivity index is 1.11. The highest BCUT2D eigenvalue weighted by molar-refractivity contribution is 7.99. The normalized spacial score (nSPS) is 30.6. The standard InChI is InChI=1S/C48H77F5O4SSi/c1-33(2)44(3,4)59(7,8)57-40-32-39-42-36(23-25-45(39,5)46(40)26-27-46)35-22-21-34(56-41-20-15-16-28-55-41)31-38(35)43(54-6)37(42)19-14-12-10-9-11-13-17-29-58-30-18-24-47(49,50)48(51,52)53/h21-22,31,33,36-37,39-43H,9-20,23-30,32H2,1-8H3/t36?,37?,39?,40-,41?,42?,43+,45+/m1/s1. The van der Waals surface area contributed by atoms with E-state index in [1.165, 1.54) is 74.3 Å². The first-order valence-corrected chi connectivity index (χ1v) is 27.5. The molecule has 0 aromatic heterocycles. The minimum absolute atomic E-state index is 0.0161. The van der Waals surface area contributed by atoms with Gasteiger partial charge in [0, 0.05) is 25.4 Å². The molecule has 8 atom stereocenters. The Morgan fingerprint density at radius 2 is 1.56 bits per heavy atom. The van der Waals surface area contributed by atoms with Gasteiger partial charge < -0.3 is 18.6 Å². The third kappa shape index (κ3) is 9.94. The first-order chi connectivity index (χ1) is 27.8. The summed E-state index contributed by atoms with van der Waals surface area (Å²) >= 11 is 1.49. The highest BCUT2D eigenvalue weighted by atomic mass is 32.2. The van der Waals surface area contributed by atoms with Crippen LogP contribution < -0.4 is 4.74 Å². The molecule has 5 unspecified atom stereocenters. The van der Waals surface area contributed by atoms with Crippen molar-refractivity contribution in [1.82, 2.24) is 0 Å². The van der Waals surface area contributed by atoms with Crippen LogP contribution in [0.3, 0.4) is 0 Å². The van der Waals surface area contributed by atoms with Gasteiger partial charge in [0.15, 0.2) is 14.6 Å². The predicted molar refractivity (Wildman–Crippen MR) is 233 cm³/mol. The van der Waals surface area contributed by atoms with Crippen molar-refractivity contribution in [3.8, 4) is 5.75 Å². The number of ether oxygens (including phenoxy) is 3. The van der Waals surface area contributed by atoms with Crippen LogP contribution in [0.25, 0.3) is 0 Å². The Hall–Kier alpha value is -0.883. The summed E-state index contributed by atoms with van der Waals surface area (Å²) in [6.07, 6.45) is 11.9. The lowest BCUT2D eigenvalue weighted by Crippen LogP contribution is -2.50. The molecule has 1 saturated heterocycles. The molecule has 1 aromatic carbocycles. The summed E-state index contributed by atoms with van der Waals surface area (Å²) in [7, 11) is -0.121. The van der Waals surface area contributed by atoms with Crippen molar-refractivity contribution in [2.75, 3.05) is 25.2 Å². The molecule has 1 aliphatic heterocycles. The van der Waals surface area contributed by atoms with Crippen LogP contribution >= 0.6 is 11.8 Å². The van der Waals surface area contributed by atoms with Crippen molar-refractivity contribution in [2.24, 2.45) is 34.5 Å². The molecule has 0 bridgehead atoms. The van der Waals surface area contributed by atoms with E-state index < -0.39 is 26.8 Å². The lowest BCUT2D eigenvalue weighted by molar-refractivity contribution is -0.284. The van der Waals surface area contributed by atoms with Gasteiger partial charge in [0.05, 0.1) is 18.8 Å². The van der Waals surface area contributed by atoms with E-state index in [0.29, 0.717) is 46.9 Å². The van der Waals surface area contributed by atoms with Gasteiger partial charge in [-0.15, -0.1) is 0 Å². The van der Waals surface area contributed by atoms with Gasteiger partial charge in [0.2, 0.25) is 0 Å². The Bertz CT molecular complexity index is 1510. The van der Waals surface area contributed by atoms with Gasteiger partial charge >= 0.3 is 12.1 Å². The molecule has 11 heteroatoms. The zero-order chi connectivity index (χ0) is 42.9. The Morgan fingerprint density at radius 3 is 2.19 bits per heavy atom. The molecule has 0 amide bonds. The summed E-state index contributed by atoms with van der Waals surface area (Å²) in [5.41, 5.74) is 3.36. The van der Waals surface area contributed by atoms with Crippen molar-refractivity contribution in [3.05, 3.63) is 29.3 Å². The molecule has 0 radical (unpaired) electrons. The van der Waals surface area contributed by atoms with Crippen molar-refractivity contribution in [3.63, 3.8) is 0 Å². The summed E-state index contributed by atoms with van der Waals surface area (Å²) in [5.74, 6) is 0.0996. The number of halogens is 5. The number of unbranched alkanes of at least 4 members (excludes halogenated alkanes) is 6. The number of benzene rings is 1. The van der Waals surface area contributed by atoms with E-state index in [1.807, 2.05) is 7.11 Å². The van der Waals surface area contributed by atoms with Crippen LogP contribution in [0.5, 0.6) is 5.75 Å². The van der Waals surface area contributed by atoms with Crippen LogP contribution in [0.4, 0.5) is 22.0 Å². The van der Waals surface area contributed by atoms with Crippen molar-refractivity contribution >= 4 is 20.1 Å². The molecule has 4 nitrogen and oxygen atoms in total. The SMILES string of the molecule is CO[C@@H]1c2cc(OC3CCCCO3)ccc2C2CC[C@@]3(C)C(C[C@@H](O[Si](C)(C)C(C)(C)C(C)C)C34CC4)C2C1CCCCCCCCCSCCCC(F)(F)C(F)(F)F. The van der Waals surface area contributed by atoms with E-state index in [0.717, 1.165) is 69.5 Å². The van der Waals surface area contributed by atoms with Crippen LogP contribution in [-0.4, -0.2) is 58.0 Å². The van der Waals surface area contributed by atoms with E-state index in [4.69, 9.17) is 18.6 Å². The molecule has 3 saturated carbocycles. The summed E-state index contributed by atoms with van der Waals surface area (Å²) in [6, 6.07) is 6.86. The lowest BCUT2D eigenvalue weighted by atomic mass is 9.50. The maximum atomic E-state index is 13.2. The molecule has 5 aliphatic rings. The molecule has 338 valence electrons. The molecule has 59 heavy (non-hydrogen) atoms. The van der Waals surface area contributed by atoms with E-state index >= 15 is 0 Å².